The number of hydrogen-bond donors (Lipinski definition) is 1. The Morgan fingerprint density at radius 1 is 1.26 bits per heavy atom. The third-order valence-electron chi connectivity index (χ3n) is 5.08. The minimum absolute atomic E-state index is 0.0121. The van der Waals surface area contributed by atoms with Gasteiger partial charge in [-0.3, -0.25) is 9.59 Å². The van der Waals surface area contributed by atoms with Crippen molar-refractivity contribution in [3.63, 3.8) is 0 Å². The summed E-state index contributed by atoms with van der Waals surface area (Å²) >= 11 is 0. The first-order valence-corrected chi connectivity index (χ1v) is 11.3. The van der Waals surface area contributed by atoms with Gasteiger partial charge in [0.1, 0.15) is 24.2 Å². The van der Waals surface area contributed by atoms with Crippen molar-refractivity contribution in [2.75, 3.05) is 6.61 Å². The number of aliphatic hydroxyl groups excluding tert-OH is 1. The van der Waals surface area contributed by atoms with Crippen molar-refractivity contribution in [2.45, 2.75) is 64.3 Å². The van der Waals surface area contributed by atoms with E-state index in [0.29, 0.717) is 32.1 Å². The van der Waals surface area contributed by atoms with E-state index in [-0.39, 0.29) is 36.1 Å². The lowest BCUT2D eigenvalue weighted by molar-refractivity contribution is -0.147. The number of ketones is 1. The quantitative estimate of drug-likeness (QED) is 0.240. The van der Waals surface area contributed by atoms with E-state index in [0.717, 1.165) is 17.7 Å². The number of aliphatic hydroxyl groups is 1. The number of allylic oxidation sites excluding steroid dienone is 5. The molecule has 34 heavy (non-hydrogen) atoms. The van der Waals surface area contributed by atoms with E-state index in [1.165, 1.54) is 18.2 Å². The van der Waals surface area contributed by atoms with Gasteiger partial charge in [-0.1, -0.05) is 36.4 Å². The Balaban J connectivity index is 1.78. The Morgan fingerprint density at radius 3 is 2.74 bits per heavy atom. The molecule has 1 aromatic rings. The first-order valence-electron chi connectivity index (χ1n) is 11.3. The van der Waals surface area contributed by atoms with Gasteiger partial charge in [-0.15, -0.1) is 0 Å². The van der Waals surface area contributed by atoms with Gasteiger partial charge in [0, 0.05) is 18.8 Å². The van der Waals surface area contributed by atoms with Crippen molar-refractivity contribution < 1.29 is 37.3 Å². The monoisotopic (exact) mass is 480 g/mol. The lowest BCUT2D eigenvalue weighted by Crippen LogP contribution is -2.15. The van der Waals surface area contributed by atoms with Crippen LogP contribution in [-0.2, 0) is 20.5 Å². The lowest BCUT2D eigenvalue weighted by Gasteiger charge is -2.12. The van der Waals surface area contributed by atoms with Gasteiger partial charge in [0.2, 0.25) is 0 Å². The molecule has 1 aliphatic rings. The smallest absolute Gasteiger partial charge is 0.416 e. The molecule has 8 heteroatoms. The van der Waals surface area contributed by atoms with Crippen LogP contribution >= 0.6 is 0 Å². The van der Waals surface area contributed by atoms with Gasteiger partial charge >= 0.3 is 12.1 Å². The van der Waals surface area contributed by atoms with Gasteiger partial charge in [-0.2, -0.15) is 13.2 Å². The van der Waals surface area contributed by atoms with E-state index >= 15 is 0 Å². The molecule has 0 aliphatic heterocycles. The molecular formula is C26H31F3O5. The Kier molecular flexibility index (Phi) is 10.6. The van der Waals surface area contributed by atoms with E-state index in [1.54, 1.807) is 26.0 Å². The van der Waals surface area contributed by atoms with Crippen molar-refractivity contribution in [3.05, 3.63) is 65.8 Å². The van der Waals surface area contributed by atoms with Crippen LogP contribution in [0.3, 0.4) is 0 Å². The van der Waals surface area contributed by atoms with Crippen molar-refractivity contribution in [2.24, 2.45) is 5.92 Å². The first-order chi connectivity index (χ1) is 16.1. The summed E-state index contributed by atoms with van der Waals surface area (Å²) in [5.41, 5.74) is -0.0377. The predicted octanol–water partition coefficient (Wildman–Crippen LogP) is 5.58. The molecule has 0 heterocycles. The highest BCUT2D eigenvalue weighted by atomic mass is 19.4. The maximum absolute atomic E-state index is 12.8. The highest BCUT2D eigenvalue weighted by Gasteiger charge is 2.30. The molecule has 0 aromatic heterocycles. The molecule has 1 aliphatic carbocycles. The predicted molar refractivity (Wildman–Crippen MR) is 122 cm³/mol. The number of Topliss-reactive ketones (excluding diaryl/α,β-unsaturated/α-hetero) is 1. The second-order valence-corrected chi connectivity index (χ2v) is 8.33. The highest BCUT2D eigenvalue weighted by molar-refractivity contribution is 5.89. The largest absolute Gasteiger partial charge is 0.491 e. The molecule has 0 saturated heterocycles. The van der Waals surface area contributed by atoms with E-state index < -0.39 is 17.8 Å². The van der Waals surface area contributed by atoms with Gasteiger partial charge in [-0.05, 0) is 56.9 Å². The first kappa shape index (κ1) is 27.4. The Labute approximate surface area is 197 Å². The standard InChI is InChI=1S/C26H31F3O5/c1-18(2)34-25(32)11-6-4-3-5-10-23-19(13-15-24(23)31)12-14-21(30)17-33-22-9-7-8-20(16-22)26(27,28)29/h3,5,7-9,12-14,16,18,21,23,30H,4,6,10-11,15,17H2,1-2H3/b5-3-,14-12+/t21-,23-/m1/s1. The third kappa shape index (κ3) is 9.55. The third-order valence-corrected chi connectivity index (χ3v) is 5.08. The van der Waals surface area contributed by atoms with Crippen LogP contribution in [0.15, 0.2) is 60.2 Å². The van der Waals surface area contributed by atoms with E-state index in [4.69, 9.17) is 9.47 Å². The van der Waals surface area contributed by atoms with Crippen LogP contribution in [0.1, 0.15) is 51.5 Å². The number of benzene rings is 1. The van der Waals surface area contributed by atoms with Gasteiger partial charge in [0.15, 0.2) is 0 Å². The van der Waals surface area contributed by atoms with Crippen LogP contribution in [0, 0.1) is 5.92 Å². The van der Waals surface area contributed by atoms with Crippen LogP contribution in [0.2, 0.25) is 0 Å². The zero-order valence-electron chi connectivity index (χ0n) is 19.4. The molecule has 1 N–H and O–H groups in total. The summed E-state index contributed by atoms with van der Waals surface area (Å²) in [6.45, 7) is 3.39. The Hall–Kier alpha value is -2.87. The highest BCUT2D eigenvalue weighted by Crippen LogP contribution is 2.31. The maximum Gasteiger partial charge on any atom is 0.416 e. The lowest BCUT2D eigenvalue weighted by atomic mass is 9.95. The molecule has 2 rings (SSSR count). The molecule has 2 atom stereocenters. The number of halogens is 3. The number of ether oxygens (including phenoxy) is 2. The van der Waals surface area contributed by atoms with Gasteiger partial charge < -0.3 is 14.6 Å². The van der Waals surface area contributed by atoms with Crippen LogP contribution in [0.5, 0.6) is 5.75 Å². The number of unbranched alkanes of at least 4 members (excludes halogenated alkanes) is 1. The van der Waals surface area contributed by atoms with Gasteiger partial charge in [0.05, 0.1) is 11.7 Å². The normalized spacial score (nSPS) is 17.6. The fourth-order valence-corrected chi connectivity index (χ4v) is 3.40. The van der Waals surface area contributed by atoms with Crippen LogP contribution < -0.4 is 4.74 Å². The fourth-order valence-electron chi connectivity index (χ4n) is 3.40. The zero-order valence-corrected chi connectivity index (χ0v) is 19.4. The van der Waals surface area contributed by atoms with Crippen LogP contribution in [0.4, 0.5) is 13.2 Å². The molecule has 186 valence electrons. The van der Waals surface area contributed by atoms with Crippen molar-refractivity contribution in [3.8, 4) is 5.75 Å². The van der Waals surface area contributed by atoms with E-state index in [9.17, 15) is 27.9 Å². The summed E-state index contributed by atoms with van der Waals surface area (Å²) in [5, 5.41) is 10.1. The SMILES string of the molecule is CC(C)OC(=O)CCC/C=C\C[C@H]1C(=O)CC=C1/C=C/[C@@H](O)COc1cccc(C(F)(F)F)c1. The second-order valence-electron chi connectivity index (χ2n) is 8.33. The van der Waals surface area contributed by atoms with Crippen LogP contribution in [-0.4, -0.2) is 35.7 Å². The average molecular weight is 481 g/mol. The fraction of sp³-hybridized carbons (Fsp3) is 0.462. The Bertz CT molecular complexity index is 915. The second kappa shape index (κ2) is 13.1. The topological polar surface area (TPSA) is 72.8 Å². The van der Waals surface area contributed by atoms with Crippen LogP contribution in [0.25, 0.3) is 0 Å². The van der Waals surface area contributed by atoms with Crippen molar-refractivity contribution in [1.29, 1.82) is 0 Å². The number of rotatable bonds is 12. The summed E-state index contributed by atoms with van der Waals surface area (Å²) in [7, 11) is 0. The minimum atomic E-state index is -4.47. The summed E-state index contributed by atoms with van der Waals surface area (Å²) in [6, 6.07) is 4.45. The van der Waals surface area contributed by atoms with E-state index in [1.807, 2.05) is 12.2 Å². The molecule has 0 radical (unpaired) electrons. The Morgan fingerprint density at radius 2 is 2.03 bits per heavy atom. The molecule has 0 bridgehead atoms. The number of carbonyl (C=O) groups is 2. The summed E-state index contributed by atoms with van der Waals surface area (Å²) in [6.07, 6.45) is 5.69. The van der Waals surface area contributed by atoms with Gasteiger partial charge in [-0.25, -0.2) is 0 Å². The molecule has 0 unspecified atom stereocenters. The summed E-state index contributed by atoms with van der Waals surface area (Å²) in [4.78, 5) is 23.7. The van der Waals surface area contributed by atoms with Gasteiger partial charge in [0.25, 0.3) is 0 Å². The molecule has 0 fully saturated rings. The summed E-state index contributed by atoms with van der Waals surface area (Å²) in [5.74, 6) is -0.437. The van der Waals surface area contributed by atoms with E-state index in [2.05, 4.69) is 0 Å². The van der Waals surface area contributed by atoms with Crippen molar-refractivity contribution >= 4 is 11.8 Å². The number of carbonyl (C=O) groups excluding carboxylic acids is 2. The average Bonchev–Trinajstić information content (AvgIpc) is 3.11. The zero-order chi connectivity index (χ0) is 25.1. The molecule has 5 nitrogen and oxygen atoms in total. The molecule has 0 spiro atoms. The molecule has 0 amide bonds. The molecular weight excluding hydrogens is 449 g/mol. The maximum atomic E-state index is 12.8. The number of esters is 1. The summed E-state index contributed by atoms with van der Waals surface area (Å²) < 4.78 is 48.7. The number of alkyl halides is 3. The van der Waals surface area contributed by atoms with Crippen molar-refractivity contribution in [1.82, 2.24) is 0 Å². The minimum Gasteiger partial charge on any atom is -0.491 e. The molecule has 1 aromatic carbocycles. The number of hydrogen-bond acceptors (Lipinski definition) is 5. The molecule has 0 saturated carbocycles.